The molecule has 1 saturated carbocycles. The Morgan fingerprint density at radius 3 is 1.74 bits per heavy atom. The molecule has 0 aliphatic heterocycles. The van der Waals surface area contributed by atoms with E-state index in [1.165, 1.54) is 0 Å². The summed E-state index contributed by atoms with van der Waals surface area (Å²) in [5, 5.41) is 32.9. The summed E-state index contributed by atoms with van der Waals surface area (Å²) in [5.41, 5.74) is 23.1. The number of ether oxygens (including phenoxy) is 6. The predicted molar refractivity (Wildman–Crippen MR) is 148 cm³/mol. The van der Waals surface area contributed by atoms with Gasteiger partial charge in [-0.1, -0.05) is 15.3 Å². The third kappa shape index (κ3) is 17.3. The van der Waals surface area contributed by atoms with E-state index in [1.807, 2.05) is 0 Å². The van der Waals surface area contributed by atoms with E-state index in [0.29, 0.717) is 19.6 Å². The minimum Gasteiger partial charge on any atom is -0.481 e. The fraction of sp³-hybridized carbons (Fsp3) is 0.913. The van der Waals surface area contributed by atoms with Crippen LogP contribution in [-0.2, 0) is 38.0 Å². The lowest BCUT2D eigenvalue weighted by atomic mass is 9.78. The second kappa shape index (κ2) is 24.1. The number of carbonyl (C=O) groups excluding carboxylic acids is 1. The molecule has 2 atom stereocenters. The minimum atomic E-state index is -1.96. The van der Waals surface area contributed by atoms with Gasteiger partial charge in [0.05, 0.1) is 71.5 Å². The molecular weight excluding hydrogens is 576 g/mol. The van der Waals surface area contributed by atoms with Gasteiger partial charge in [-0.2, -0.15) is 0 Å². The van der Waals surface area contributed by atoms with E-state index in [2.05, 4.69) is 35.4 Å². The van der Waals surface area contributed by atoms with Crippen LogP contribution >= 0.6 is 0 Å². The molecule has 1 amide bonds. The first kappa shape index (κ1) is 37.6. The first-order valence-corrected chi connectivity index (χ1v) is 13.7. The number of amides is 1. The van der Waals surface area contributed by atoms with Crippen molar-refractivity contribution in [3.63, 3.8) is 0 Å². The van der Waals surface area contributed by atoms with Gasteiger partial charge in [-0.05, 0) is 23.0 Å². The molecule has 0 spiro atoms. The van der Waals surface area contributed by atoms with Gasteiger partial charge in [0.25, 0.3) is 5.91 Å². The van der Waals surface area contributed by atoms with E-state index in [4.69, 9.17) is 50.1 Å². The normalized spacial score (nSPS) is 21.2. The lowest BCUT2D eigenvalue weighted by molar-refractivity contribution is -0.210. The Balaban J connectivity index is 2.93. The average Bonchev–Trinajstić information content (AvgIpc) is 2.98. The topological polar surface area (TPSA) is 288 Å². The van der Waals surface area contributed by atoms with Crippen LogP contribution in [-0.4, -0.2) is 132 Å². The van der Waals surface area contributed by atoms with Gasteiger partial charge >= 0.3 is 5.97 Å². The van der Waals surface area contributed by atoms with E-state index < -0.39 is 35.8 Å². The Bertz CT molecular complexity index is 917. The van der Waals surface area contributed by atoms with Gasteiger partial charge in [0, 0.05) is 60.4 Å². The lowest BCUT2D eigenvalue weighted by Gasteiger charge is -2.44. The maximum atomic E-state index is 13.0. The molecule has 0 bridgehead atoms. The van der Waals surface area contributed by atoms with Crippen LogP contribution in [0.5, 0.6) is 0 Å². The van der Waals surface area contributed by atoms with Crippen molar-refractivity contribution in [3.8, 4) is 0 Å². The van der Waals surface area contributed by atoms with E-state index in [0.717, 1.165) is 0 Å². The van der Waals surface area contributed by atoms with Crippen LogP contribution in [0.3, 0.4) is 0 Å². The number of aliphatic carboxylic acids is 1. The number of rotatable bonds is 26. The third-order valence-corrected chi connectivity index (χ3v) is 5.92. The molecule has 1 aliphatic carbocycles. The van der Waals surface area contributed by atoms with Crippen LogP contribution in [0.1, 0.15) is 25.7 Å². The Hall–Kier alpha value is -3.41. The molecule has 20 heteroatoms. The zero-order valence-corrected chi connectivity index (χ0v) is 23.9. The van der Waals surface area contributed by atoms with Crippen molar-refractivity contribution in [1.82, 2.24) is 5.32 Å². The summed E-state index contributed by atoms with van der Waals surface area (Å²) in [6, 6.07) is 0. The van der Waals surface area contributed by atoms with Crippen LogP contribution in [0.2, 0.25) is 0 Å². The predicted octanol–water partition coefficient (Wildman–Crippen LogP) is 1.63. The molecule has 43 heavy (non-hydrogen) atoms. The van der Waals surface area contributed by atoms with E-state index in [9.17, 15) is 14.7 Å². The molecule has 0 saturated heterocycles. The number of aliphatic hydroxyl groups is 1. The first-order valence-electron chi connectivity index (χ1n) is 13.7. The molecule has 0 radical (unpaired) electrons. The molecule has 0 heterocycles. The lowest BCUT2D eigenvalue weighted by Crippen LogP contribution is -2.61. The zero-order valence-electron chi connectivity index (χ0n) is 23.9. The molecule has 0 aromatic carbocycles. The van der Waals surface area contributed by atoms with Crippen LogP contribution in [0, 0.1) is 0 Å². The van der Waals surface area contributed by atoms with Gasteiger partial charge in [-0.3, -0.25) is 9.59 Å². The highest BCUT2D eigenvalue weighted by atomic mass is 16.6. The number of carboxylic acids is 1. The van der Waals surface area contributed by atoms with Crippen molar-refractivity contribution in [2.45, 2.75) is 49.6 Å². The Morgan fingerprint density at radius 1 is 0.744 bits per heavy atom. The molecule has 242 valence electrons. The monoisotopic (exact) mass is 616 g/mol. The highest BCUT2D eigenvalue weighted by Crippen LogP contribution is 2.34. The van der Waals surface area contributed by atoms with E-state index >= 15 is 0 Å². The van der Waals surface area contributed by atoms with Crippen molar-refractivity contribution < 1.29 is 48.2 Å². The summed E-state index contributed by atoms with van der Waals surface area (Å²) in [7, 11) is 0. The molecule has 0 aromatic heterocycles. The SMILES string of the molecule is [N-]=[N+]=NCCCOCCOC1C(OCCOCCN=[N+]=[N-])CC(O)(C(=O)NCCC(=O)O)CC1OCCOCCN=[N+]=[N-]. The number of azide groups is 3. The third-order valence-electron chi connectivity index (χ3n) is 5.92. The Kier molecular flexibility index (Phi) is 21.1. The quantitative estimate of drug-likeness (QED) is 0.0546. The maximum absolute atomic E-state index is 13.0. The molecule has 3 N–H and O–H groups in total. The largest absolute Gasteiger partial charge is 0.481 e. The molecule has 1 rings (SSSR count). The highest BCUT2D eigenvalue weighted by molar-refractivity contribution is 5.85. The summed E-state index contributed by atoms with van der Waals surface area (Å²) >= 11 is 0. The van der Waals surface area contributed by atoms with Crippen molar-refractivity contribution in [2.75, 3.05) is 85.6 Å². The maximum Gasteiger partial charge on any atom is 0.305 e. The summed E-state index contributed by atoms with van der Waals surface area (Å²) in [5.74, 6) is -1.87. The molecular formula is C23H40N10O10. The van der Waals surface area contributed by atoms with E-state index in [-0.39, 0.29) is 91.8 Å². The zero-order chi connectivity index (χ0) is 31.6. The Morgan fingerprint density at radius 2 is 1.23 bits per heavy atom. The van der Waals surface area contributed by atoms with Crippen molar-refractivity contribution in [2.24, 2.45) is 15.3 Å². The minimum absolute atomic E-state index is 0.0582. The second-order valence-corrected chi connectivity index (χ2v) is 9.05. The van der Waals surface area contributed by atoms with Crippen LogP contribution in [0.15, 0.2) is 15.3 Å². The number of carbonyl (C=O) groups is 2. The average molecular weight is 617 g/mol. The first-order chi connectivity index (χ1) is 20.9. The molecule has 2 unspecified atom stereocenters. The number of nitrogens with one attached hydrogen (secondary N) is 1. The van der Waals surface area contributed by atoms with Crippen LogP contribution in [0.4, 0.5) is 0 Å². The Labute approximate surface area is 247 Å². The van der Waals surface area contributed by atoms with Crippen LogP contribution < -0.4 is 5.32 Å². The van der Waals surface area contributed by atoms with Crippen LogP contribution in [0.25, 0.3) is 31.3 Å². The van der Waals surface area contributed by atoms with E-state index in [1.54, 1.807) is 0 Å². The van der Waals surface area contributed by atoms with Gasteiger partial charge in [-0.15, -0.1) is 0 Å². The van der Waals surface area contributed by atoms with Crippen molar-refractivity contribution >= 4 is 11.9 Å². The molecule has 1 fully saturated rings. The standard InChI is InChI=1S/C23H40N10O10/c24-31-28-3-1-7-38-12-15-43-21-18(41-13-10-39-8-5-29-32-25)16-23(37,22(36)27-4-2-20(34)35)17-19(21)42-14-11-40-9-6-30-33-26/h18-19,21,37H,1-17H2,(H,27,36)(H,34,35). The summed E-state index contributed by atoms with van der Waals surface area (Å²) in [4.78, 5) is 31.8. The highest BCUT2D eigenvalue weighted by Gasteiger charge is 2.51. The second-order valence-electron chi connectivity index (χ2n) is 9.05. The van der Waals surface area contributed by atoms with Crippen molar-refractivity contribution in [3.05, 3.63) is 31.3 Å². The molecule has 1 aliphatic rings. The van der Waals surface area contributed by atoms with Crippen molar-refractivity contribution in [1.29, 1.82) is 0 Å². The number of hydrogen-bond acceptors (Lipinski definition) is 12. The van der Waals surface area contributed by atoms with Gasteiger partial charge in [0.15, 0.2) is 0 Å². The smallest absolute Gasteiger partial charge is 0.305 e. The molecule has 0 aromatic rings. The number of hydrogen-bond donors (Lipinski definition) is 3. The fourth-order valence-electron chi connectivity index (χ4n) is 4.02. The van der Waals surface area contributed by atoms with Gasteiger partial charge in [0.2, 0.25) is 0 Å². The van der Waals surface area contributed by atoms with Gasteiger partial charge in [0.1, 0.15) is 11.7 Å². The summed E-state index contributed by atoms with van der Waals surface area (Å²) < 4.78 is 34.3. The van der Waals surface area contributed by atoms with Gasteiger partial charge < -0.3 is 44.0 Å². The number of carboxylic acid groups (broad SMARTS) is 1. The van der Waals surface area contributed by atoms with Gasteiger partial charge in [-0.25, -0.2) is 0 Å². The summed E-state index contributed by atoms with van der Waals surface area (Å²) in [6.07, 6.45) is -2.57. The fourth-order valence-corrected chi connectivity index (χ4v) is 4.02. The molecule has 20 nitrogen and oxygen atoms in total. The summed E-state index contributed by atoms with van der Waals surface area (Å²) in [6.45, 7) is 1.83. The number of nitrogens with zero attached hydrogens (tertiary/aromatic N) is 9.